The van der Waals surface area contributed by atoms with Crippen molar-refractivity contribution in [2.24, 2.45) is 5.10 Å². The van der Waals surface area contributed by atoms with E-state index in [2.05, 4.69) is 37.1 Å². The highest BCUT2D eigenvalue weighted by molar-refractivity contribution is 9.10. The van der Waals surface area contributed by atoms with Crippen molar-refractivity contribution in [3.8, 4) is 11.5 Å². The summed E-state index contributed by atoms with van der Waals surface area (Å²) in [6, 6.07) is 10.7. The Labute approximate surface area is 228 Å². The molecule has 0 spiro atoms. The van der Waals surface area contributed by atoms with Gasteiger partial charge in [-0.1, -0.05) is 17.7 Å². The third kappa shape index (κ3) is 7.94. The van der Waals surface area contributed by atoms with E-state index in [-0.39, 0.29) is 19.1 Å². The van der Waals surface area contributed by atoms with E-state index in [4.69, 9.17) is 13.9 Å². The van der Waals surface area contributed by atoms with Crippen LogP contribution in [0, 0.1) is 20.8 Å². The summed E-state index contributed by atoms with van der Waals surface area (Å²) in [4.78, 5) is 36.5. The number of hydrogen-bond acceptors (Lipinski definition) is 7. The minimum Gasteiger partial charge on any atom is -0.490 e. The second kappa shape index (κ2) is 13.4. The van der Waals surface area contributed by atoms with Crippen molar-refractivity contribution in [2.45, 2.75) is 34.2 Å². The van der Waals surface area contributed by atoms with Crippen LogP contribution in [0.4, 0.5) is 5.69 Å². The van der Waals surface area contributed by atoms with E-state index >= 15 is 0 Å². The molecule has 0 aliphatic carbocycles. The predicted molar refractivity (Wildman–Crippen MR) is 146 cm³/mol. The molecule has 11 heteroatoms. The Balaban J connectivity index is 1.61. The molecule has 10 nitrogen and oxygen atoms in total. The van der Waals surface area contributed by atoms with Gasteiger partial charge in [0, 0.05) is 5.69 Å². The fraction of sp³-hybridized carbons (Fsp3) is 0.259. The van der Waals surface area contributed by atoms with Gasteiger partial charge in [-0.25, -0.2) is 5.43 Å². The summed E-state index contributed by atoms with van der Waals surface area (Å²) in [6.45, 7) is 7.90. The van der Waals surface area contributed by atoms with Gasteiger partial charge >= 0.3 is 11.8 Å². The van der Waals surface area contributed by atoms with Crippen molar-refractivity contribution in [1.82, 2.24) is 10.7 Å². The van der Waals surface area contributed by atoms with Gasteiger partial charge in [-0.3, -0.25) is 14.4 Å². The highest BCUT2D eigenvalue weighted by Gasteiger charge is 2.16. The number of furan rings is 1. The zero-order chi connectivity index (χ0) is 27.7. The molecule has 3 aromatic rings. The molecule has 3 amide bonds. The summed E-state index contributed by atoms with van der Waals surface area (Å²) >= 11 is 3.44. The topological polar surface area (TPSA) is 131 Å². The van der Waals surface area contributed by atoms with Gasteiger partial charge in [-0.05, 0) is 84.6 Å². The molecule has 1 heterocycles. The SMILES string of the molecule is CCOc1cc(/C=N\NC(=O)C(=O)NCc2ccco2)cc(Br)c1OCC(=O)Nc1c(C)cc(C)cc1C. The van der Waals surface area contributed by atoms with Crippen molar-refractivity contribution in [3.63, 3.8) is 0 Å². The predicted octanol–water partition coefficient (Wildman–Crippen LogP) is 4.15. The summed E-state index contributed by atoms with van der Waals surface area (Å²) in [5.74, 6) is -0.856. The number of nitrogens with one attached hydrogen (secondary N) is 3. The highest BCUT2D eigenvalue weighted by Crippen LogP contribution is 2.36. The number of hydrazone groups is 1. The molecule has 0 saturated heterocycles. The number of ether oxygens (including phenoxy) is 2. The molecule has 1 aromatic heterocycles. The van der Waals surface area contributed by atoms with Gasteiger partial charge in [0.15, 0.2) is 18.1 Å². The van der Waals surface area contributed by atoms with Crippen LogP contribution in [-0.4, -0.2) is 37.1 Å². The normalized spacial score (nSPS) is 10.8. The molecule has 0 fully saturated rings. The third-order valence-corrected chi connectivity index (χ3v) is 5.80. The maximum atomic E-state index is 12.6. The van der Waals surface area contributed by atoms with Crippen LogP contribution in [0.1, 0.15) is 34.9 Å². The first-order valence-corrected chi connectivity index (χ1v) is 12.6. The number of carbonyl (C=O) groups is 3. The summed E-state index contributed by atoms with van der Waals surface area (Å²) in [5, 5.41) is 9.16. The molecule has 38 heavy (non-hydrogen) atoms. The van der Waals surface area contributed by atoms with E-state index in [1.807, 2.05) is 39.8 Å². The van der Waals surface area contributed by atoms with Gasteiger partial charge in [-0.15, -0.1) is 0 Å². The van der Waals surface area contributed by atoms with Crippen molar-refractivity contribution in [2.75, 3.05) is 18.5 Å². The molecule has 0 bridgehead atoms. The van der Waals surface area contributed by atoms with Gasteiger partial charge in [0.05, 0.1) is 30.1 Å². The molecule has 0 aliphatic heterocycles. The quantitative estimate of drug-likeness (QED) is 0.186. The first-order chi connectivity index (χ1) is 18.2. The minimum atomic E-state index is -0.929. The number of benzene rings is 2. The van der Waals surface area contributed by atoms with Crippen LogP contribution in [0.15, 0.2) is 56.7 Å². The lowest BCUT2D eigenvalue weighted by molar-refractivity contribution is -0.139. The highest BCUT2D eigenvalue weighted by atomic mass is 79.9. The van der Waals surface area contributed by atoms with E-state index in [0.717, 1.165) is 22.4 Å². The van der Waals surface area contributed by atoms with Crippen molar-refractivity contribution in [1.29, 1.82) is 0 Å². The first kappa shape index (κ1) is 28.5. The second-order valence-electron chi connectivity index (χ2n) is 8.33. The van der Waals surface area contributed by atoms with E-state index in [1.165, 1.54) is 12.5 Å². The standard InChI is InChI=1S/C27H29BrN4O6/c1-5-36-22-12-19(13-30-32-27(35)26(34)29-14-20-7-6-8-37-20)11-21(28)25(22)38-15-23(33)31-24-17(3)9-16(2)10-18(24)4/h6-13H,5,14-15H2,1-4H3,(H,29,34)(H,31,33)(H,32,35)/b30-13-. The fourth-order valence-electron chi connectivity index (χ4n) is 3.63. The minimum absolute atomic E-state index is 0.0807. The van der Waals surface area contributed by atoms with E-state index in [1.54, 1.807) is 24.3 Å². The largest absolute Gasteiger partial charge is 0.490 e. The zero-order valence-electron chi connectivity index (χ0n) is 21.5. The number of aryl methyl sites for hydroxylation is 3. The average molecular weight is 585 g/mol. The Hall–Kier alpha value is -4.12. The Kier molecular flexibility index (Phi) is 10.1. The summed E-state index contributed by atoms with van der Waals surface area (Å²) < 4.78 is 17.1. The molecule has 0 saturated carbocycles. The molecule has 2 aromatic carbocycles. The van der Waals surface area contributed by atoms with E-state index in [9.17, 15) is 14.4 Å². The molecule has 0 unspecified atom stereocenters. The van der Waals surface area contributed by atoms with E-state index < -0.39 is 11.8 Å². The molecule has 200 valence electrons. The maximum absolute atomic E-state index is 12.6. The Morgan fingerprint density at radius 2 is 1.79 bits per heavy atom. The number of hydrogen-bond donors (Lipinski definition) is 3. The lowest BCUT2D eigenvalue weighted by atomic mass is 10.1. The number of anilines is 1. The van der Waals surface area contributed by atoms with Crippen molar-refractivity contribution < 1.29 is 28.3 Å². The lowest BCUT2D eigenvalue weighted by Gasteiger charge is -2.16. The Morgan fingerprint density at radius 3 is 2.45 bits per heavy atom. The van der Waals surface area contributed by atoms with Crippen molar-refractivity contribution >= 4 is 45.6 Å². The molecule has 0 aliphatic rings. The Morgan fingerprint density at radius 1 is 1.05 bits per heavy atom. The Bertz CT molecular complexity index is 1310. The summed E-state index contributed by atoms with van der Waals surface area (Å²) in [6.07, 6.45) is 2.82. The average Bonchev–Trinajstić information content (AvgIpc) is 3.38. The van der Waals surface area contributed by atoms with Crippen LogP contribution in [-0.2, 0) is 20.9 Å². The number of rotatable bonds is 10. The van der Waals surface area contributed by atoms with Gasteiger partial charge in [0.25, 0.3) is 5.91 Å². The molecular formula is C27H29BrN4O6. The van der Waals surface area contributed by atoms with E-state index in [0.29, 0.717) is 33.9 Å². The van der Waals surface area contributed by atoms with Gasteiger partial charge in [0.1, 0.15) is 5.76 Å². The lowest BCUT2D eigenvalue weighted by Crippen LogP contribution is -2.37. The van der Waals surface area contributed by atoms with Crippen LogP contribution < -0.4 is 25.5 Å². The molecule has 3 N–H and O–H groups in total. The maximum Gasteiger partial charge on any atom is 0.329 e. The van der Waals surface area contributed by atoms with Gasteiger partial charge < -0.3 is 24.5 Å². The second-order valence-corrected chi connectivity index (χ2v) is 9.19. The molecular weight excluding hydrogens is 556 g/mol. The number of nitrogens with zero attached hydrogens (tertiary/aromatic N) is 1. The third-order valence-electron chi connectivity index (χ3n) is 5.21. The first-order valence-electron chi connectivity index (χ1n) is 11.8. The summed E-state index contributed by atoms with van der Waals surface area (Å²) in [7, 11) is 0. The fourth-order valence-corrected chi connectivity index (χ4v) is 4.21. The van der Waals surface area contributed by atoms with Gasteiger partial charge in [0.2, 0.25) is 0 Å². The number of halogens is 1. The molecule has 3 rings (SSSR count). The molecule has 0 atom stereocenters. The van der Waals surface area contributed by atoms with Crippen LogP contribution in [0.3, 0.4) is 0 Å². The van der Waals surface area contributed by atoms with Crippen LogP contribution >= 0.6 is 15.9 Å². The summed E-state index contributed by atoms with van der Waals surface area (Å²) in [5.41, 5.74) is 6.55. The van der Waals surface area contributed by atoms with Crippen LogP contribution in [0.2, 0.25) is 0 Å². The monoisotopic (exact) mass is 584 g/mol. The van der Waals surface area contributed by atoms with Crippen LogP contribution in [0.25, 0.3) is 0 Å². The van der Waals surface area contributed by atoms with Crippen molar-refractivity contribution in [3.05, 3.63) is 75.1 Å². The van der Waals surface area contributed by atoms with Gasteiger partial charge in [-0.2, -0.15) is 5.10 Å². The smallest absolute Gasteiger partial charge is 0.329 e. The van der Waals surface area contributed by atoms with Crippen LogP contribution in [0.5, 0.6) is 11.5 Å². The molecule has 0 radical (unpaired) electrons. The number of amides is 3. The number of carbonyl (C=O) groups excluding carboxylic acids is 3. The zero-order valence-corrected chi connectivity index (χ0v) is 23.1.